The van der Waals surface area contributed by atoms with Gasteiger partial charge in [0, 0.05) is 5.56 Å². The third-order valence-corrected chi connectivity index (χ3v) is 1.86. The van der Waals surface area contributed by atoms with Crippen molar-refractivity contribution >= 4 is 35.2 Å². The molecular formula is C7H5Cl2NO. The van der Waals surface area contributed by atoms with Gasteiger partial charge in [-0.05, 0) is 12.1 Å². The van der Waals surface area contributed by atoms with Gasteiger partial charge in [-0.3, -0.25) is 4.79 Å². The lowest BCUT2D eigenvalue weighted by molar-refractivity contribution is 0.112. The van der Waals surface area contributed by atoms with Gasteiger partial charge in [0.25, 0.3) is 0 Å². The summed E-state index contributed by atoms with van der Waals surface area (Å²) in [6.45, 7) is 0. The molecule has 0 bridgehead atoms. The van der Waals surface area contributed by atoms with E-state index in [4.69, 9.17) is 28.9 Å². The van der Waals surface area contributed by atoms with Gasteiger partial charge < -0.3 is 5.73 Å². The molecular weight excluding hydrogens is 185 g/mol. The second-order valence-corrected chi connectivity index (χ2v) is 2.83. The van der Waals surface area contributed by atoms with Crippen molar-refractivity contribution in [2.75, 3.05) is 5.73 Å². The highest BCUT2D eigenvalue weighted by Crippen LogP contribution is 2.27. The Labute approximate surface area is 73.9 Å². The van der Waals surface area contributed by atoms with Gasteiger partial charge in [0.1, 0.15) is 6.29 Å². The fourth-order valence-corrected chi connectivity index (χ4v) is 1.18. The predicted molar refractivity (Wildman–Crippen MR) is 46.3 cm³/mol. The van der Waals surface area contributed by atoms with Gasteiger partial charge in [0.15, 0.2) is 0 Å². The van der Waals surface area contributed by atoms with Gasteiger partial charge in [-0.15, -0.1) is 0 Å². The first-order chi connectivity index (χ1) is 5.15. The topological polar surface area (TPSA) is 43.1 Å². The smallest absolute Gasteiger partial charge is 0.150 e. The molecule has 0 saturated carbocycles. The van der Waals surface area contributed by atoms with Crippen LogP contribution in [0.3, 0.4) is 0 Å². The van der Waals surface area contributed by atoms with Crippen molar-refractivity contribution in [3.05, 3.63) is 27.7 Å². The molecule has 0 saturated heterocycles. The molecule has 2 N–H and O–H groups in total. The molecule has 58 valence electrons. The van der Waals surface area contributed by atoms with Gasteiger partial charge in [0.05, 0.1) is 15.7 Å². The Hall–Kier alpha value is -0.730. The van der Waals surface area contributed by atoms with E-state index in [2.05, 4.69) is 0 Å². The molecule has 0 aromatic heterocycles. The number of halogens is 2. The van der Waals surface area contributed by atoms with Crippen LogP contribution < -0.4 is 5.73 Å². The van der Waals surface area contributed by atoms with Crippen LogP contribution in [0, 0.1) is 0 Å². The summed E-state index contributed by atoms with van der Waals surface area (Å²) in [4.78, 5) is 10.3. The van der Waals surface area contributed by atoms with Gasteiger partial charge >= 0.3 is 0 Å². The summed E-state index contributed by atoms with van der Waals surface area (Å²) in [6, 6.07) is 2.94. The van der Waals surface area contributed by atoms with E-state index in [1.165, 1.54) is 12.1 Å². The van der Waals surface area contributed by atoms with Gasteiger partial charge in [-0.1, -0.05) is 23.2 Å². The van der Waals surface area contributed by atoms with E-state index in [1.807, 2.05) is 0 Å². The number of rotatable bonds is 1. The second kappa shape index (κ2) is 3.11. The van der Waals surface area contributed by atoms with Crippen molar-refractivity contribution in [3.8, 4) is 0 Å². The molecule has 0 aliphatic carbocycles. The molecule has 0 heterocycles. The van der Waals surface area contributed by atoms with Crippen molar-refractivity contribution in [1.29, 1.82) is 0 Å². The Kier molecular flexibility index (Phi) is 2.37. The summed E-state index contributed by atoms with van der Waals surface area (Å²) >= 11 is 11.3. The third kappa shape index (κ3) is 1.64. The van der Waals surface area contributed by atoms with Crippen LogP contribution in [0.4, 0.5) is 5.69 Å². The van der Waals surface area contributed by atoms with Crippen molar-refractivity contribution in [2.45, 2.75) is 0 Å². The number of hydrogen-bond donors (Lipinski definition) is 1. The highest BCUT2D eigenvalue weighted by atomic mass is 35.5. The molecule has 2 nitrogen and oxygen atoms in total. The maximum atomic E-state index is 10.3. The maximum Gasteiger partial charge on any atom is 0.150 e. The number of carbonyl (C=O) groups excluding carboxylic acids is 1. The fourth-order valence-electron chi connectivity index (χ4n) is 0.672. The summed E-state index contributed by atoms with van der Waals surface area (Å²) < 4.78 is 0. The summed E-state index contributed by atoms with van der Waals surface area (Å²) in [5.74, 6) is 0. The quantitative estimate of drug-likeness (QED) is 0.545. The number of benzene rings is 1. The average molecular weight is 190 g/mol. The molecule has 1 rings (SSSR count). The monoisotopic (exact) mass is 189 g/mol. The van der Waals surface area contributed by atoms with Crippen molar-refractivity contribution in [2.24, 2.45) is 0 Å². The largest absolute Gasteiger partial charge is 0.396 e. The van der Waals surface area contributed by atoms with Crippen molar-refractivity contribution < 1.29 is 4.79 Å². The minimum Gasteiger partial charge on any atom is -0.396 e. The number of nitrogen functional groups attached to an aromatic ring is 1. The molecule has 4 heteroatoms. The SMILES string of the molecule is Nc1c(Cl)cc(C=O)cc1Cl. The lowest BCUT2D eigenvalue weighted by Crippen LogP contribution is -1.89. The average Bonchev–Trinajstić information content (AvgIpc) is 1.99. The minimum absolute atomic E-state index is 0.305. The normalized spacial score (nSPS) is 9.64. The van der Waals surface area contributed by atoms with Crippen LogP contribution in [0.2, 0.25) is 10.0 Å². The van der Waals surface area contributed by atoms with Crippen LogP contribution in [0.1, 0.15) is 10.4 Å². The van der Waals surface area contributed by atoms with Gasteiger partial charge in [-0.2, -0.15) is 0 Å². The van der Waals surface area contributed by atoms with E-state index in [9.17, 15) is 4.79 Å². The Morgan fingerprint density at radius 1 is 1.27 bits per heavy atom. The molecule has 0 amide bonds. The van der Waals surface area contributed by atoms with Crippen molar-refractivity contribution in [3.63, 3.8) is 0 Å². The molecule has 0 atom stereocenters. The number of anilines is 1. The van der Waals surface area contributed by atoms with E-state index in [0.29, 0.717) is 27.6 Å². The standard InChI is InChI=1S/C7H5Cl2NO/c8-5-1-4(3-11)2-6(9)7(5)10/h1-3H,10H2. The van der Waals surface area contributed by atoms with Crippen LogP contribution in [0.15, 0.2) is 12.1 Å². The Bertz CT molecular complexity index is 275. The number of carbonyl (C=O) groups is 1. The summed E-state index contributed by atoms with van der Waals surface area (Å²) in [5, 5.41) is 0.610. The van der Waals surface area contributed by atoms with Crippen LogP contribution in [0.25, 0.3) is 0 Å². The van der Waals surface area contributed by atoms with E-state index in [1.54, 1.807) is 0 Å². The lowest BCUT2D eigenvalue weighted by Gasteiger charge is -2.00. The van der Waals surface area contributed by atoms with Gasteiger partial charge in [0.2, 0.25) is 0 Å². The van der Waals surface area contributed by atoms with Crippen molar-refractivity contribution in [1.82, 2.24) is 0 Å². The molecule has 0 aliphatic rings. The molecule has 1 aromatic carbocycles. The first-order valence-corrected chi connectivity index (χ1v) is 3.60. The zero-order chi connectivity index (χ0) is 8.43. The third-order valence-electron chi connectivity index (χ3n) is 1.24. The first-order valence-electron chi connectivity index (χ1n) is 2.85. The summed E-state index contributed by atoms with van der Waals surface area (Å²) in [6.07, 6.45) is 0.664. The molecule has 1 aromatic rings. The van der Waals surface area contributed by atoms with E-state index < -0.39 is 0 Å². The fraction of sp³-hybridized carbons (Fsp3) is 0. The number of nitrogens with two attached hydrogens (primary N) is 1. The van der Waals surface area contributed by atoms with Gasteiger partial charge in [-0.25, -0.2) is 0 Å². The zero-order valence-corrected chi connectivity index (χ0v) is 6.99. The summed E-state index contributed by atoms with van der Waals surface area (Å²) in [5.41, 5.74) is 6.16. The van der Waals surface area contributed by atoms with Crippen LogP contribution in [0.5, 0.6) is 0 Å². The van der Waals surface area contributed by atoms with Crippen LogP contribution >= 0.6 is 23.2 Å². The lowest BCUT2D eigenvalue weighted by atomic mass is 10.2. The van der Waals surface area contributed by atoms with E-state index in [0.717, 1.165) is 0 Å². The molecule has 0 aliphatic heterocycles. The number of aldehydes is 1. The Morgan fingerprint density at radius 3 is 2.09 bits per heavy atom. The number of hydrogen-bond acceptors (Lipinski definition) is 2. The molecule has 0 unspecified atom stereocenters. The molecule has 0 spiro atoms. The highest BCUT2D eigenvalue weighted by Gasteiger charge is 2.03. The van der Waals surface area contributed by atoms with E-state index in [-0.39, 0.29) is 0 Å². The van der Waals surface area contributed by atoms with Crippen LogP contribution in [-0.2, 0) is 0 Å². The maximum absolute atomic E-state index is 10.3. The van der Waals surface area contributed by atoms with Crippen LogP contribution in [-0.4, -0.2) is 6.29 Å². The first kappa shape index (κ1) is 8.37. The molecule has 0 radical (unpaired) electrons. The second-order valence-electron chi connectivity index (χ2n) is 2.02. The Balaban J connectivity index is 3.31. The zero-order valence-electron chi connectivity index (χ0n) is 5.47. The minimum atomic E-state index is 0.305. The summed E-state index contributed by atoms with van der Waals surface area (Å²) in [7, 11) is 0. The Morgan fingerprint density at radius 2 is 1.73 bits per heavy atom. The molecule has 11 heavy (non-hydrogen) atoms. The highest BCUT2D eigenvalue weighted by molar-refractivity contribution is 6.39. The predicted octanol–water partition coefficient (Wildman–Crippen LogP) is 2.39. The molecule has 0 fully saturated rings. The van der Waals surface area contributed by atoms with E-state index >= 15 is 0 Å².